The zero-order chi connectivity index (χ0) is 5.49. The second kappa shape index (κ2) is 1.36. The molecule has 7 heavy (non-hydrogen) atoms. The van der Waals surface area contributed by atoms with Crippen LogP contribution in [0.3, 0.4) is 0 Å². The summed E-state index contributed by atoms with van der Waals surface area (Å²) < 4.78 is 0.996. The molecule has 0 aromatic rings. The molecule has 0 aliphatic carbocycles. The van der Waals surface area contributed by atoms with Gasteiger partial charge < -0.3 is 0 Å². The Labute approximate surface area is 52.5 Å². The highest BCUT2D eigenvalue weighted by Gasteiger charge is 2.45. The minimum absolute atomic E-state index is 0.653. The van der Waals surface area contributed by atoms with Crippen LogP contribution in [-0.4, -0.2) is 22.3 Å². The predicted molar refractivity (Wildman–Crippen MR) is 31.3 cm³/mol. The fraction of sp³-hybridized carbons (Fsp3) is 0.750. The van der Waals surface area contributed by atoms with Gasteiger partial charge in [0.25, 0.3) is 0 Å². The average molecular weight is 139 g/mol. The van der Waals surface area contributed by atoms with Gasteiger partial charge in [0.05, 0.1) is 0 Å². The second-order valence-corrected chi connectivity index (χ2v) is 3.12. The molecule has 1 fully saturated rings. The summed E-state index contributed by atoms with van der Waals surface area (Å²) in [6.45, 7) is 4.48. The molecular formula is C4H6Cl2N+. The molecule has 0 amide bonds. The van der Waals surface area contributed by atoms with Crippen LogP contribution < -0.4 is 0 Å². The summed E-state index contributed by atoms with van der Waals surface area (Å²) in [6, 6.07) is 0. The summed E-state index contributed by atoms with van der Waals surface area (Å²) in [6.07, 6.45) is 0.833. The highest BCUT2D eigenvalue weighted by atomic mass is 35.5. The van der Waals surface area contributed by atoms with E-state index in [0.29, 0.717) is 0 Å². The Hall–Kier alpha value is 0.250. The van der Waals surface area contributed by atoms with E-state index in [1.165, 1.54) is 0 Å². The van der Waals surface area contributed by atoms with Gasteiger partial charge in [0.15, 0.2) is 6.54 Å². The molecule has 0 spiro atoms. The van der Waals surface area contributed by atoms with Crippen LogP contribution in [0.5, 0.6) is 0 Å². The standard InChI is InChI=1S/C4H6Cl2N/c1-7-3-2-4(7,5)6/h1-3H2/q+1. The molecule has 0 radical (unpaired) electrons. The quantitative estimate of drug-likeness (QED) is 0.270. The molecule has 0 aromatic carbocycles. The van der Waals surface area contributed by atoms with Crippen LogP contribution in [0.2, 0.25) is 0 Å². The van der Waals surface area contributed by atoms with Crippen molar-refractivity contribution in [2.75, 3.05) is 6.54 Å². The summed E-state index contributed by atoms with van der Waals surface area (Å²) in [5.41, 5.74) is 0. The van der Waals surface area contributed by atoms with E-state index < -0.39 is 4.46 Å². The molecule has 1 nitrogen and oxygen atoms in total. The van der Waals surface area contributed by atoms with E-state index in [1.807, 2.05) is 0 Å². The summed E-state index contributed by atoms with van der Waals surface area (Å²) in [4.78, 5) is 0. The zero-order valence-electron chi connectivity index (χ0n) is 3.82. The first-order valence-corrected chi connectivity index (χ1v) is 2.84. The van der Waals surface area contributed by atoms with Crippen molar-refractivity contribution in [3.8, 4) is 0 Å². The summed E-state index contributed by atoms with van der Waals surface area (Å²) in [5.74, 6) is 0. The first-order valence-electron chi connectivity index (χ1n) is 2.09. The lowest BCUT2D eigenvalue weighted by atomic mass is 10.3. The maximum Gasteiger partial charge on any atom is 0.319 e. The third-order valence-corrected chi connectivity index (χ3v) is 2.00. The Kier molecular flexibility index (Phi) is 1.05. The lowest BCUT2D eigenvalue weighted by Gasteiger charge is -2.24. The molecule has 0 bridgehead atoms. The van der Waals surface area contributed by atoms with Crippen LogP contribution in [0, 0.1) is 0 Å². The lowest BCUT2D eigenvalue weighted by molar-refractivity contribution is -0.612. The van der Waals surface area contributed by atoms with Gasteiger partial charge in [0.1, 0.15) is 13.1 Å². The van der Waals surface area contributed by atoms with Crippen LogP contribution in [0.1, 0.15) is 6.42 Å². The van der Waals surface area contributed by atoms with Gasteiger partial charge in [-0.1, -0.05) is 0 Å². The SMILES string of the molecule is C=[N+]1CCC1(Cl)Cl. The molecule has 0 saturated carbocycles. The molecule has 1 heterocycles. The van der Waals surface area contributed by atoms with Crippen molar-refractivity contribution in [1.82, 2.24) is 0 Å². The molecule has 40 valence electrons. The van der Waals surface area contributed by atoms with Gasteiger partial charge in [-0.3, -0.25) is 0 Å². The fourth-order valence-corrected chi connectivity index (χ4v) is 0.777. The van der Waals surface area contributed by atoms with Gasteiger partial charge in [-0.25, -0.2) is 4.58 Å². The number of halogens is 2. The summed E-state index contributed by atoms with van der Waals surface area (Å²) in [5, 5.41) is 0. The molecule has 1 saturated heterocycles. The molecule has 0 N–H and O–H groups in total. The van der Waals surface area contributed by atoms with Crippen molar-refractivity contribution in [2.24, 2.45) is 0 Å². The van der Waals surface area contributed by atoms with E-state index in [0.717, 1.165) is 13.0 Å². The number of alkyl halides is 2. The Morgan fingerprint density at radius 3 is 2.00 bits per heavy atom. The van der Waals surface area contributed by atoms with E-state index in [1.54, 1.807) is 4.58 Å². The highest BCUT2D eigenvalue weighted by molar-refractivity contribution is 6.47. The largest absolute Gasteiger partial charge is 0.319 e. The van der Waals surface area contributed by atoms with Gasteiger partial charge in [-0.15, -0.1) is 0 Å². The van der Waals surface area contributed by atoms with Crippen LogP contribution in [0.25, 0.3) is 0 Å². The Balaban J connectivity index is 2.59. The van der Waals surface area contributed by atoms with E-state index in [2.05, 4.69) is 6.72 Å². The number of hydrogen-bond donors (Lipinski definition) is 0. The maximum absolute atomic E-state index is 5.58. The molecule has 0 aromatic heterocycles. The maximum atomic E-state index is 5.58. The predicted octanol–water partition coefficient (Wildman–Crippen LogP) is 1.23. The van der Waals surface area contributed by atoms with Crippen molar-refractivity contribution < 1.29 is 4.58 Å². The highest BCUT2D eigenvalue weighted by Crippen LogP contribution is 2.33. The molecule has 1 rings (SSSR count). The van der Waals surface area contributed by atoms with Gasteiger partial charge in [-0.05, 0) is 23.2 Å². The monoisotopic (exact) mass is 138 g/mol. The van der Waals surface area contributed by atoms with Crippen LogP contribution >= 0.6 is 23.2 Å². The van der Waals surface area contributed by atoms with Gasteiger partial charge >= 0.3 is 4.46 Å². The van der Waals surface area contributed by atoms with E-state index in [-0.39, 0.29) is 0 Å². The zero-order valence-corrected chi connectivity index (χ0v) is 5.34. The third-order valence-electron chi connectivity index (χ3n) is 1.15. The van der Waals surface area contributed by atoms with E-state index in [4.69, 9.17) is 23.2 Å². The van der Waals surface area contributed by atoms with Gasteiger partial charge in [0, 0.05) is 0 Å². The smallest absolute Gasteiger partial charge is 0.209 e. The van der Waals surface area contributed by atoms with Crippen molar-refractivity contribution in [2.45, 2.75) is 10.9 Å². The molecule has 1 aliphatic heterocycles. The normalized spacial score (nSPS) is 26.9. The minimum Gasteiger partial charge on any atom is -0.209 e. The fourth-order valence-electron chi connectivity index (χ4n) is 0.439. The number of rotatable bonds is 0. The summed E-state index contributed by atoms with van der Waals surface area (Å²) >= 11 is 11.2. The van der Waals surface area contributed by atoms with Crippen molar-refractivity contribution >= 4 is 29.9 Å². The minimum atomic E-state index is -0.653. The lowest BCUT2D eigenvalue weighted by Crippen LogP contribution is -2.43. The molecule has 0 unspecified atom stereocenters. The third kappa shape index (κ3) is 0.752. The first-order chi connectivity index (χ1) is 3.13. The molecular weight excluding hydrogens is 133 g/mol. The van der Waals surface area contributed by atoms with E-state index in [9.17, 15) is 0 Å². The van der Waals surface area contributed by atoms with Crippen molar-refractivity contribution in [1.29, 1.82) is 0 Å². The second-order valence-electron chi connectivity index (χ2n) is 1.68. The van der Waals surface area contributed by atoms with Crippen LogP contribution in [-0.2, 0) is 0 Å². The average Bonchev–Trinajstić information content (AvgIpc) is 1.63. The number of hydrogen-bond acceptors (Lipinski definition) is 0. The Bertz CT molecular complexity index is 108. The first kappa shape index (κ1) is 5.39. The van der Waals surface area contributed by atoms with Crippen LogP contribution in [0.15, 0.2) is 0 Å². The van der Waals surface area contributed by atoms with Gasteiger partial charge in [-0.2, -0.15) is 0 Å². The van der Waals surface area contributed by atoms with E-state index >= 15 is 0 Å². The van der Waals surface area contributed by atoms with Crippen LogP contribution in [0.4, 0.5) is 0 Å². The van der Waals surface area contributed by atoms with Gasteiger partial charge in [0.2, 0.25) is 0 Å². The summed E-state index contributed by atoms with van der Waals surface area (Å²) in [7, 11) is 0. The molecule has 1 aliphatic rings. The van der Waals surface area contributed by atoms with Crippen molar-refractivity contribution in [3.05, 3.63) is 0 Å². The Morgan fingerprint density at radius 1 is 1.57 bits per heavy atom. The molecule has 3 heteroatoms. The topological polar surface area (TPSA) is 3.01 Å². The molecule has 0 atom stereocenters. The Morgan fingerprint density at radius 2 is 2.00 bits per heavy atom. The number of nitrogens with zero attached hydrogens (tertiary/aromatic N) is 1. The van der Waals surface area contributed by atoms with Crippen molar-refractivity contribution in [3.63, 3.8) is 0 Å².